The molecule has 5 aliphatic rings. The van der Waals surface area contributed by atoms with E-state index in [1.807, 2.05) is 0 Å². The molecule has 51 heavy (non-hydrogen) atoms. The lowest BCUT2D eigenvalue weighted by molar-refractivity contribution is 0.0862. The minimum absolute atomic E-state index is 0.0752. The third-order valence-corrected chi connectivity index (χ3v) is 13.0. The molecule has 5 nitrogen and oxygen atoms in total. The highest BCUT2D eigenvalue weighted by Gasteiger charge is 2.58. The summed E-state index contributed by atoms with van der Waals surface area (Å²) in [6.07, 6.45) is 12.4. The second-order valence-electron chi connectivity index (χ2n) is 15.1. The Morgan fingerprint density at radius 2 is 1.37 bits per heavy atom. The fourth-order valence-corrected chi connectivity index (χ4v) is 10.8. The maximum absolute atomic E-state index is 7.71. The Labute approximate surface area is 300 Å². The lowest BCUT2D eigenvalue weighted by Gasteiger charge is -2.53. The zero-order chi connectivity index (χ0) is 34.2. The van der Waals surface area contributed by atoms with Gasteiger partial charge in [0.25, 0.3) is 0 Å². The smallest absolute Gasteiger partial charge is 0.178 e. The van der Waals surface area contributed by atoms with E-state index in [-0.39, 0.29) is 5.41 Å². The van der Waals surface area contributed by atoms with E-state index in [4.69, 9.17) is 18.9 Å². The van der Waals surface area contributed by atoms with Crippen LogP contribution < -0.4 is 19.1 Å². The Morgan fingerprint density at radius 1 is 0.706 bits per heavy atom. The average Bonchev–Trinajstić information content (AvgIpc) is 3.48. The summed E-state index contributed by atoms with van der Waals surface area (Å²) in [4.78, 5) is 2.41. The van der Waals surface area contributed by atoms with E-state index in [0.717, 1.165) is 60.1 Å². The van der Waals surface area contributed by atoms with Crippen LogP contribution in [0.5, 0.6) is 17.2 Å². The van der Waals surface area contributed by atoms with Gasteiger partial charge in [-0.3, -0.25) is 0 Å². The molecule has 5 aromatic rings. The van der Waals surface area contributed by atoms with E-state index in [9.17, 15) is 0 Å². The molecule has 1 saturated heterocycles. The number of methoxy groups -OCH3 is 2. The number of hydrogen-bond donors (Lipinski definition) is 0. The summed E-state index contributed by atoms with van der Waals surface area (Å²) in [7, 11) is 3.56. The van der Waals surface area contributed by atoms with Crippen LogP contribution in [0.4, 0.5) is 5.69 Å². The van der Waals surface area contributed by atoms with Crippen LogP contribution in [0.1, 0.15) is 66.3 Å². The average molecular weight is 676 g/mol. The van der Waals surface area contributed by atoms with Gasteiger partial charge in [0.1, 0.15) is 17.2 Å². The van der Waals surface area contributed by atoms with Crippen molar-refractivity contribution < 1.29 is 18.9 Å². The van der Waals surface area contributed by atoms with E-state index in [0.29, 0.717) is 11.8 Å². The minimum Gasteiger partial charge on any atom is -0.497 e. The fraction of sp³-hybridized carbons (Fsp3) is 0.348. The van der Waals surface area contributed by atoms with Gasteiger partial charge in [-0.1, -0.05) is 67.4 Å². The van der Waals surface area contributed by atoms with Crippen molar-refractivity contribution in [2.45, 2.75) is 49.5 Å². The first-order chi connectivity index (χ1) is 25.2. The second kappa shape index (κ2) is 11.9. The van der Waals surface area contributed by atoms with Crippen molar-refractivity contribution >= 4 is 22.5 Å². The lowest BCUT2D eigenvalue weighted by Crippen LogP contribution is -2.48. The molecule has 10 rings (SSSR count). The predicted molar refractivity (Wildman–Crippen MR) is 204 cm³/mol. The van der Waals surface area contributed by atoms with Gasteiger partial charge in [-0.2, -0.15) is 0 Å². The molecule has 258 valence electrons. The monoisotopic (exact) mass is 675 g/mol. The standard InChI is InChI=1S/C46H45NO4/c1-48-35-18-20-37-40(28-35)44-39(43-42(37)38-21-19-36(49-2)29-41(38)46(43)32-10-6-11-33(46)13-7-12-32)22-23-45(51-44,30-8-4-3-5-9-30)31-14-16-34(17-15-31)47-24-26-50-27-25-47/h3-5,8-9,14-23,28-29,32-33H,6-7,10-13,24-27H2,1-2H3. The van der Waals surface area contributed by atoms with Crippen LogP contribution in [0, 0.1) is 11.8 Å². The second-order valence-corrected chi connectivity index (χ2v) is 15.1. The Morgan fingerprint density at radius 3 is 2.08 bits per heavy atom. The molecule has 1 unspecified atom stereocenters. The molecule has 5 aromatic carbocycles. The van der Waals surface area contributed by atoms with Crippen LogP contribution in [-0.2, 0) is 15.8 Å². The van der Waals surface area contributed by atoms with Crippen molar-refractivity contribution in [2.75, 3.05) is 45.4 Å². The van der Waals surface area contributed by atoms with E-state index in [1.54, 1.807) is 14.2 Å². The molecule has 2 heterocycles. The van der Waals surface area contributed by atoms with Gasteiger partial charge in [0.15, 0.2) is 5.60 Å². The molecule has 2 bridgehead atoms. The van der Waals surface area contributed by atoms with E-state index >= 15 is 0 Å². The summed E-state index contributed by atoms with van der Waals surface area (Å²) >= 11 is 0. The number of hydrogen-bond acceptors (Lipinski definition) is 5. The minimum atomic E-state index is -0.813. The Bertz CT molecular complexity index is 2140. The molecule has 1 atom stereocenters. The Kier molecular flexibility index (Phi) is 7.25. The van der Waals surface area contributed by atoms with Crippen molar-refractivity contribution in [3.05, 3.63) is 125 Å². The van der Waals surface area contributed by atoms with Gasteiger partial charge in [0, 0.05) is 46.3 Å². The molecule has 2 saturated carbocycles. The zero-order valence-corrected chi connectivity index (χ0v) is 29.6. The Hall–Kier alpha value is -4.74. The molecule has 3 aliphatic carbocycles. The highest BCUT2D eigenvalue weighted by Crippen LogP contribution is 2.68. The molecule has 3 fully saturated rings. The summed E-state index contributed by atoms with van der Waals surface area (Å²) in [5.74, 6) is 3.90. The number of morpholine rings is 1. The van der Waals surface area contributed by atoms with E-state index in [2.05, 4.69) is 108 Å². The summed E-state index contributed by atoms with van der Waals surface area (Å²) in [6.45, 7) is 3.34. The molecule has 5 heteroatoms. The van der Waals surface area contributed by atoms with Gasteiger partial charge in [-0.15, -0.1) is 0 Å². The first kappa shape index (κ1) is 31.0. The highest BCUT2D eigenvalue weighted by molar-refractivity contribution is 6.09. The van der Waals surface area contributed by atoms with Gasteiger partial charge < -0.3 is 23.8 Å². The first-order valence-corrected chi connectivity index (χ1v) is 18.9. The normalized spacial score (nSPS) is 26.0. The van der Waals surface area contributed by atoms with Gasteiger partial charge in [0.2, 0.25) is 0 Å². The maximum atomic E-state index is 7.71. The largest absolute Gasteiger partial charge is 0.497 e. The Balaban J connectivity index is 1.25. The van der Waals surface area contributed by atoms with E-state index < -0.39 is 5.60 Å². The number of benzene rings is 5. The quantitative estimate of drug-likeness (QED) is 0.186. The third-order valence-electron chi connectivity index (χ3n) is 13.0. The lowest BCUT2D eigenvalue weighted by atomic mass is 9.50. The highest BCUT2D eigenvalue weighted by atomic mass is 16.5. The van der Waals surface area contributed by atoms with E-state index in [1.165, 1.54) is 77.4 Å². The number of rotatable bonds is 5. The van der Waals surface area contributed by atoms with Crippen molar-refractivity contribution in [3.8, 4) is 28.4 Å². The maximum Gasteiger partial charge on any atom is 0.178 e. The summed E-state index contributed by atoms with van der Waals surface area (Å²) in [6, 6.07) is 33.2. The molecule has 2 aliphatic heterocycles. The van der Waals surface area contributed by atoms with Gasteiger partial charge in [-0.05, 0) is 114 Å². The molecule has 1 spiro atoms. The van der Waals surface area contributed by atoms with Crippen LogP contribution in [0.15, 0.2) is 97.1 Å². The van der Waals surface area contributed by atoms with Crippen molar-refractivity contribution in [1.82, 2.24) is 0 Å². The molecule has 0 aromatic heterocycles. The van der Waals surface area contributed by atoms with Gasteiger partial charge in [0.05, 0.1) is 27.4 Å². The van der Waals surface area contributed by atoms with Crippen LogP contribution in [0.25, 0.3) is 28.0 Å². The number of ether oxygens (including phenoxy) is 4. The summed E-state index contributed by atoms with van der Waals surface area (Å²) < 4.78 is 25.2. The molecule has 0 amide bonds. The first-order valence-electron chi connectivity index (χ1n) is 18.9. The molecule has 0 radical (unpaired) electrons. The van der Waals surface area contributed by atoms with Crippen LogP contribution in [0.3, 0.4) is 0 Å². The van der Waals surface area contributed by atoms with Crippen molar-refractivity contribution in [2.24, 2.45) is 11.8 Å². The molecular weight excluding hydrogens is 631 g/mol. The topological polar surface area (TPSA) is 40.2 Å². The summed E-state index contributed by atoms with van der Waals surface area (Å²) in [5, 5.41) is 2.33. The third kappa shape index (κ3) is 4.43. The fourth-order valence-electron chi connectivity index (χ4n) is 10.8. The SMILES string of the molecule is COc1ccc2c(c1)C1(c3c4c(c5cc(OC)ccc5c3-2)OC(c2ccccc2)(c2ccc(N3CCOCC3)cc2)C=C4)C2CCCC1CCC2. The van der Waals surface area contributed by atoms with Crippen LogP contribution in [-0.4, -0.2) is 40.5 Å². The number of nitrogens with zero attached hydrogens (tertiary/aromatic N) is 1. The summed E-state index contributed by atoms with van der Waals surface area (Å²) in [5.41, 5.74) is 9.46. The van der Waals surface area contributed by atoms with Crippen LogP contribution in [0.2, 0.25) is 0 Å². The molecule has 0 N–H and O–H groups in total. The number of anilines is 1. The van der Waals surface area contributed by atoms with Gasteiger partial charge in [-0.25, -0.2) is 0 Å². The van der Waals surface area contributed by atoms with Gasteiger partial charge >= 0.3 is 0 Å². The van der Waals surface area contributed by atoms with Crippen molar-refractivity contribution in [1.29, 1.82) is 0 Å². The van der Waals surface area contributed by atoms with Crippen LogP contribution >= 0.6 is 0 Å². The molecular formula is C46H45NO4. The zero-order valence-electron chi connectivity index (χ0n) is 29.6. The number of fused-ring (bicyclic) bond motifs is 8. The van der Waals surface area contributed by atoms with Crippen molar-refractivity contribution in [3.63, 3.8) is 0 Å². The predicted octanol–water partition coefficient (Wildman–Crippen LogP) is 9.91.